The zero-order chi connectivity index (χ0) is 17.8. The molecule has 4 nitrogen and oxygen atoms in total. The van der Waals surface area contributed by atoms with Gasteiger partial charge in [0.25, 0.3) is 11.8 Å². The molecule has 25 heavy (non-hydrogen) atoms. The number of amides is 2. The van der Waals surface area contributed by atoms with Crippen molar-refractivity contribution in [1.82, 2.24) is 0 Å². The van der Waals surface area contributed by atoms with Crippen LogP contribution in [0.2, 0.25) is 5.02 Å². The number of thiophene rings is 1. The summed E-state index contributed by atoms with van der Waals surface area (Å²) in [6, 6.07) is 17.4. The summed E-state index contributed by atoms with van der Waals surface area (Å²) >= 11 is 7.26. The van der Waals surface area contributed by atoms with E-state index in [2.05, 4.69) is 10.6 Å². The Morgan fingerprint density at radius 2 is 1.60 bits per heavy atom. The summed E-state index contributed by atoms with van der Waals surface area (Å²) in [7, 11) is 0. The second-order valence-corrected chi connectivity index (χ2v) is 7.10. The third-order valence-electron chi connectivity index (χ3n) is 3.49. The zero-order valence-corrected chi connectivity index (χ0v) is 14.9. The molecule has 0 radical (unpaired) electrons. The van der Waals surface area contributed by atoms with Crippen molar-refractivity contribution < 1.29 is 9.59 Å². The van der Waals surface area contributed by atoms with Crippen molar-refractivity contribution in [1.29, 1.82) is 0 Å². The zero-order valence-electron chi connectivity index (χ0n) is 13.4. The Labute approximate surface area is 154 Å². The van der Waals surface area contributed by atoms with Gasteiger partial charge in [0.15, 0.2) is 0 Å². The number of hydrogen-bond donors (Lipinski definition) is 2. The number of benzene rings is 2. The predicted octanol–water partition coefficient (Wildman–Crippen LogP) is 5.21. The van der Waals surface area contributed by atoms with E-state index in [-0.39, 0.29) is 11.8 Å². The van der Waals surface area contributed by atoms with Gasteiger partial charge in [-0.25, -0.2) is 0 Å². The largest absolute Gasteiger partial charge is 0.322 e. The Morgan fingerprint density at radius 1 is 0.880 bits per heavy atom. The number of nitrogens with one attached hydrogen (secondary N) is 2. The minimum Gasteiger partial charge on any atom is -0.322 e. The lowest BCUT2D eigenvalue weighted by atomic mass is 10.1. The fourth-order valence-electron chi connectivity index (χ4n) is 2.26. The molecule has 0 aliphatic rings. The van der Waals surface area contributed by atoms with Gasteiger partial charge in [-0.2, -0.15) is 0 Å². The summed E-state index contributed by atoms with van der Waals surface area (Å²) in [5.41, 5.74) is 1.48. The van der Waals surface area contributed by atoms with Crippen molar-refractivity contribution in [3.8, 4) is 0 Å². The molecule has 126 valence electrons. The summed E-state index contributed by atoms with van der Waals surface area (Å²) in [6.07, 6.45) is 0. The second kappa shape index (κ2) is 7.51. The lowest BCUT2D eigenvalue weighted by Gasteiger charge is -2.11. The van der Waals surface area contributed by atoms with E-state index in [0.717, 1.165) is 4.88 Å². The van der Waals surface area contributed by atoms with E-state index in [4.69, 9.17) is 11.6 Å². The van der Waals surface area contributed by atoms with E-state index in [1.165, 1.54) is 11.3 Å². The van der Waals surface area contributed by atoms with Crippen molar-refractivity contribution in [2.75, 3.05) is 10.6 Å². The number of halogens is 1. The van der Waals surface area contributed by atoms with Crippen LogP contribution < -0.4 is 10.6 Å². The monoisotopic (exact) mass is 370 g/mol. The van der Waals surface area contributed by atoms with E-state index in [1.54, 1.807) is 54.6 Å². The van der Waals surface area contributed by atoms with Gasteiger partial charge >= 0.3 is 0 Å². The van der Waals surface area contributed by atoms with Gasteiger partial charge in [-0.1, -0.05) is 23.7 Å². The highest BCUT2D eigenvalue weighted by Gasteiger charge is 2.15. The fraction of sp³-hybridized carbons (Fsp3) is 0.0526. The molecule has 2 amide bonds. The molecule has 0 unspecified atom stereocenters. The van der Waals surface area contributed by atoms with Gasteiger partial charge < -0.3 is 10.6 Å². The van der Waals surface area contributed by atoms with Gasteiger partial charge in [-0.15, -0.1) is 11.3 Å². The summed E-state index contributed by atoms with van der Waals surface area (Å²) in [6.45, 7) is 1.94. The molecule has 1 heterocycles. The van der Waals surface area contributed by atoms with E-state index in [1.807, 2.05) is 13.0 Å². The maximum Gasteiger partial charge on any atom is 0.265 e. The fourth-order valence-corrected chi connectivity index (χ4v) is 3.15. The molecule has 0 fully saturated rings. The van der Waals surface area contributed by atoms with Crippen LogP contribution in [0.25, 0.3) is 0 Å². The van der Waals surface area contributed by atoms with Gasteiger partial charge in [0.05, 0.1) is 16.1 Å². The molecule has 2 N–H and O–H groups in total. The Bertz CT molecular complexity index is 919. The highest BCUT2D eigenvalue weighted by Crippen LogP contribution is 2.21. The number of carbonyl (C=O) groups excluding carboxylic acids is 2. The van der Waals surface area contributed by atoms with Gasteiger partial charge in [0.2, 0.25) is 0 Å². The van der Waals surface area contributed by atoms with E-state index in [0.29, 0.717) is 26.8 Å². The first-order valence-electron chi connectivity index (χ1n) is 7.56. The van der Waals surface area contributed by atoms with Gasteiger partial charge in [0.1, 0.15) is 0 Å². The SMILES string of the molecule is Cc1ccc(C(=O)Nc2ccccc2C(=O)Nc2ccc(Cl)cc2)s1. The standard InChI is InChI=1S/C19H15ClN2O2S/c1-12-6-11-17(25-12)19(24)22-16-5-3-2-4-15(16)18(23)21-14-9-7-13(20)8-10-14/h2-11H,1H3,(H,21,23)(H,22,24). The van der Waals surface area contributed by atoms with Crippen LogP contribution in [0.15, 0.2) is 60.7 Å². The van der Waals surface area contributed by atoms with Gasteiger partial charge in [-0.3, -0.25) is 9.59 Å². The lowest BCUT2D eigenvalue weighted by molar-refractivity contribution is 0.102. The minimum absolute atomic E-state index is 0.232. The third kappa shape index (κ3) is 4.26. The molecule has 0 bridgehead atoms. The van der Waals surface area contributed by atoms with Crippen LogP contribution in [0.1, 0.15) is 24.9 Å². The molecule has 3 aromatic rings. The lowest BCUT2D eigenvalue weighted by Crippen LogP contribution is -2.17. The molecule has 1 aromatic heterocycles. The second-order valence-electron chi connectivity index (χ2n) is 5.37. The average Bonchev–Trinajstić information content (AvgIpc) is 3.04. The summed E-state index contributed by atoms with van der Waals surface area (Å²) in [4.78, 5) is 26.6. The van der Waals surface area contributed by atoms with Crippen LogP contribution in [0, 0.1) is 6.92 Å². The number of anilines is 2. The van der Waals surface area contributed by atoms with Crippen LogP contribution in [-0.4, -0.2) is 11.8 Å². The third-order valence-corrected chi connectivity index (χ3v) is 4.74. The smallest absolute Gasteiger partial charge is 0.265 e. The van der Waals surface area contributed by atoms with Crippen molar-refractivity contribution in [2.24, 2.45) is 0 Å². The van der Waals surface area contributed by atoms with Crippen LogP contribution in [0.4, 0.5) is 11.4 Å². The molecule has 0 saturated carbocycles. The summed E-state index contributed by atoms with van der Waals surface area (Å²) in [5, 5.41) is 6.20. The van der Waals surface area contributed by atoms with Crippen LogP contribution >= 0.6 is 22.9 Å². The predicted molar refractivity (Wildman–Crippen MR) is 103 cm³/mol. The summed E-state index contributed by atoms with van der Waals surface area (Å²) < 4.78 is 0. The highest BCUT2D eigenvalue weighted by atomic mass is 35.5. The first kappa shape index (κ1) is 17.2. The molecule has 0 aliphatic carbocycles. The normalized spacial score (nSPS) is 10.3. The Morgan fingerprint density at radius 3 is 2.28 bits per heavy atom. The quantitative estimate of drug-likeness (QED) is 0.661. The number of aryl methyl sites for hydroxylation is 1. The van der Waals surface area contributed by atoms with E-state index < -0.39 is 0 Å². The molecule has 0 saturated heterocycles. The van der Waals surface area contributed by atoms with Crippen molar-refractivity contribution in [3.05, 3.63) is 81.0 Å². The van der Waals surface area contributed by atoms with E-state index in [9.17, 15) is 9.59 Å². The summed E-state index contributed by atoms with van der Waals surface area (Å²) in [5.74, 6) is -0.537. The van der Waals surface area contributed by atoms with Gasteiger partial charge in [-0.05, 0) is 55.5 Å². The van der Waals surface area contributed by atoms with Crippen LogP contribution in [0.5, 0.6) is 0 Å². The minimum atomic E-state index is -0.305. The highest BCUT2D eigenvalue weighted by molar-refractivity contribution is 7.14. The number of carbonyl (C=O) groups is 2. The van der Waals surface area contributed by atoms with Crippen molar-refractivity contribution >= 4 is 46.1 Å². The van der Waals surface area contributed by atoms with Crippen LogP contribution in [-0.2, 0) is 0 Å². The number of hydrogen-bond acceptors (Lipinski definition) is 3. The molecular formula is C19H15ClN2O2S. The molecule has 0 spiro atoms. The van der Waals surface area contributed by atoms with Crippen LogP contribution in [0.3, 0.4) is 0 Å². The number of para-hydroxylation sites is 1. The Hall–Kier alpha value is -2.63. The maximum absolute atomic E-state index is 12.5. The van der Waals surface area contributed by atoms with E-state index >= 15 is 0 Å². The average molecular weight is 371 g/mol. The molecule has 0 aliphatic heterocycles. The topological polar surface area (TPSA) is 58.2 Å². The van der Waals surface area contributed by atoms with Crippen molar-refractivity contribution in [2.45, 2.75) is 6.92 Å². The Kier molecular flexibility index (Phi) is 5.16. The molecule has 2 aromatic carbocycles. The first-order chi connectivity index (χ1) is 12.0. The molecule has 3 rings (SSSR count). The Balaban J connectivity index is 1.79. The first-order valence-corrected chi connectivity index (χ1v) is 8.76. The van der Waals surface area contributed by atoms with Gasteiger partial charge in [0, 0.05) is 15.6 Å². The molecule has 6 heteroatoms. The number of rotatable bonds is 4. The molecule has 0 atom stereocenters. The maximum atomic E-state index is 12.5. The van der Waals surface area contributed by atoms with Crippen molar-refractivity contribution in [3.63, 3.8) is 0 Å². The molecular weight excluding hydrogens is 356 g/mol.